The van der Waals surface area contributed by atoms with Gasteiger partial charge in [0.25, 0.3) is 0 Å². The average molecular weight is 285 g/mol. The summed E-state index contributed by atoms with van der Waals surface area (Å²) in [5.41, 5.74) is 0.992. The highest BCUT2D eigenvalue weighted by atomic mass is 35.5. The first-order valence-corrected chi connectivity index (χ1v) is 7.34. The number of rotatable bonds is 3. The number of allylic oxidation sites excluding steroid dienone is 4. The second-order valence-corrected chi connectivity index (χ2v) is 6.02. The van der Waals surface area contributed by atoms with E-state index in [2.05, 4.69) is 0 Å². The summed E-state index contributed by atoms with van der Waals surface area (Å²) in [6, 6.07) is 6.51. The molecule has 0 amide bonds. The third-order valence-corrected chi connectivity index (χ3v) is 4.20. The van der Waals surface area contributed by atoms with Crippen molar-refractivity contribution in [1.29, 1.82) is 0 Å². The van der Waals surface area contributed by atoms with Crippen LogP contribution in [0.3, 0.4) is 0 Å². The zero-order chi connectivity index (χ0) is 13.2. The first-order valence-electron chi connectivity index (χ1n) is 5.55. The fourth-order valence-electron chi connectivity index (χ4n) is 1.58. The monoisotopic (exact) mass is 284 g/mol. The average Bonchev–Trinajstić information content (AvgIpc) is 2.32. The molecule has 0 spiro atoms. The van der Waals surface area contributed by atoms with Gasteiger partial charge in [0.15, 0.2) is 0 Å². The van der Waals surface area contributed by atoms with Crippen molar-refractivity contribution in [1.82, 2.24) is 0 Å². The highest BCUT2D eigenvalue weighted by Gasteiger charge is 2.20. The smallest absolute Gasteiger partial charge is 0.338 e. The molecule has 0 radical (unpaired) electrons. The molecule has 0 N–H and O–H groups in total. The maximum absolute atomic E-state index is 12.0. The molecule has 1 aromatic carbocycles. The van der Waals surface area contributed by atoms with E-state index in [0.717, 1.165) is 12.0 Å². The third-order valence-electron chi connectivity index (χ3n) is 2.59. The molecule has 0 bridgehead atoms. The van der Waals surface area contributed by atoms with Gasteiger partial charge in [-0.2, -0.15) is 8.42 Å². The van der Waals surface area contributed by atoms with Crippen molar-refractivity contribution in [2.24, 2.45) is 0 Å². The van der Waals surface area contributed by atoms with Gasteiger partial charge in [-0.05, 0) is 31.6 Å². The molecule has 0 aliphatic heterocycles. The summed E-state index contributed by atoms with van der Waals surface area (Å²) < 4.78 is 29.1. The van der Waals surface area contributed by atoms with Gasteiger partial charge in [0, 0.05) is 6.42 Å². The quantitative estimate of drug-likeness (QED) is 0.798. The molecular weight excluding hydrogens is 272 g/mol. The minimum Gasteiger partial charge on any atom is -0.382 e. The van der Waals surface area contributed by atoms with Crippen LogP contribution in [0.1, 0.15) is 18.4 Å². The topological polar surface area (TPSA) is 43.4 Å². The maximum Gasteiger partial charge on any atom is 0.338 e. The lowest BCUT2D eigenvalue weighted by Gasteiger charge is -2.13. The Balaban J connectivity index is 2.27. The van der Waals surface area contributed by atoms with E-state index in [1.165, 1.54) is 12.1 Å². The normalized spacial score (nSPS) is 15.9. The van der Waals surface area contributed by atoms with E-state index in [9.17, 15) is 8.42 Å². The Hall–Kier alpha value is -1.26. The summed E-state index contributed by atoms with van der Waals surface area (Å²) >= 11 is 5.90. The molecule has 5 heteroatoms. The summed E-state index contributed by atoms with van der Waals surface area (Å²) in [6.07, 6.45) is 4.77. The fraction of sp³-hybridized carbons (Fsp3) is 0.231. The van der Waals surface area contributed by atoms with Crippen LogP contribution < -0.4 is 0 Å². The van der Waals surface area contributed by atoms with Crippen molar-refractivity contribution in [2.45, 2.75) is 24.7 Å². The molecule has 0 aromatic heterocycles. The molecule has 2 rings (SSSR count). The highest BCUT2D eigenvalue weighted by Crippen LogP contribution is 2.26. The Kier molecular flexibility index (Phi) is 3.78. The van der Waals surface area contributed by atoms with Gasteiger partial charge >= 0.3 is 10.1 Å². The van der Waals surface area contributed by atoms with Crippen LogP contribution in [0.2, 0.25) is 0 Å². The van der Waals surface area contributed by atoms with E-state index in [0.29, 0.717) is 17.2 Å². The van der Waals surface area contributed by atoms with E-state index < -0.39 is 10.1 Å². The van der Waals surface area contributed by atoms with Crippen molar-refractivity contribution in [3.05, 3.63) is 52.8 Å². The summed E-state index contributed by atoms with van der Waals surface area (Å²) in [7, 11) is -3.79. The number of benzene rings is 1. The van der Waals surface area contributed by atoms with Gasteiger partial charge in [-0.1, -0.05) is 35.4 Å². The molecular formula is C13H13ClO3S. The van der Waals surface area contributed by atoms with Gasteiger partial charge < -0.3 is 4.18 Å². The van der Waals surface area contributed by atoms with E-state index in [1.807, 2.05) is 13.0 Å². The highest BCUT2D eigenvalue weighted by molar-refractivity contribution is 7.86. The zero-order valence-corrected chi connectivity index (χ0v) is 11.5. The molecule has 0 atom stereocenters. The lowest BCUT2D eigenvalue weighted by Crippen LogP contribution is -2.08. The summed E-state index contributed by atoms with van der Waals surface area (Å²) in [6.45, 7) is 1.89. The fourth-order valence-corrected chi connectivity index (χ4v) is 2.85. The molecule has 1 aromatic rings. The van der Waals surface area contributed by atoms with Gasteiger partial charge in [-0.15, -0.1) is 0 Å². The van der Waals surface area contributed by atoms with Crippen molar-refractivity contribution < 1.29 is 12.6 Å². The summed E-state index contributed by atoms with van der Waals surface area (Å²) in [5, 5.41) is 0.344. The number of hydrogen-bond donors (Lipinski definition) is 0. The minimum absolute atomic E-state index is 0.139. The van der Waals surface area contributed by atoms with Crippen molar-refractivity contribution in [2.75, 3.05) is 0 Å². The molecule has 0 heterocycles. The largest absolute Gasteiger partial charge is 0.382 e. The molecule has 1 aliphatic rings. The molecule has 0 fully saturated rings. The predicted molar refractivity (Wildman–Crippen MR) is 70.7 cm³/mol. The van der Waals surface area contributed by atoms with E-state index in [4.69, 9.17) is 15.8 Å². The minimum atomic E-state index is -3.79. The lowest BCUT2D eigenvalue weighted by molar-refractivity contribution is 0.388. The van der Waals surface area contributed by atoms with Crippen LogP contribution in [0, 0.1) is 6.92 Å². The molecule has 0 unspecified atom stereocenters. The van der Waals surface area contributed by atoms with Crippen molar-refractivity contribution in [3.63, 3.8) is 0 Å². The van der Waals surface area contributed by atoms with E-state index >= 15 is 0 Å². The Morgan fingerprint density at radius 2 is 1.89 bits per heavy atom. The molecule has 0 saturated carbocycles. The Labute approximate surface area is 112 Å². The molecule has 1 aliphatic carbocycles. The Morgan fingerprint density at radius 1 is 1.22 bits per heavy atom. The Bertz CT molecular complexity index is 598. The molecule has 18 heavy (non-hydrogen) atoms. The molecule has 0 saturated heterocycles. The van der Waals surface area contributed by atoms with Gasteiger partial charge in [-0.3, -0.25) is 0 Å². The number of aryl methyl sites for hydroxylation is 1. The summed E-state index contributed by atoms with van der Waals surface area (Å²) in [5.74, 6) is 0.305. The van der Waals surface area contributed by atoms with E-state index in [-0.39, 0.29) is 4.90 Å². The van der Waals surface area contributed by atoms with Gasteiger partial charge in [0.1, 0.15) is 10.7 Å². The van der Waals surface area contributed by atoms with Crippen LogP contribution in [0.4, 0.5) is 0 Å². The number of hydrogen-bond acceptors (Lipinski definition) is 3. The number of halogens is 1. The van der Waals surface area contributed by atoms with E-state index in [1.54, 1.807) is 18.2 Å². The summed E-state index contributed by atoms with van der Waals surface area (Å²) in [4.78, 5) is 0.139. The van der Waals surface area contributed by atoms with Crippen LogP contribution >= 0.6 is 11.6 Å². The lowest BCUT2D eigenvalue weighted by atomic mass is 10.2. The van der Waals surface area contributed by atoms with Gasteiger partial charge in [-0.25, -0.2) is 0 Å². The SMILES string of the molecule is Cc1ccc(S(=O)(=O)OC2=C(Cl)C=CCC2)cc1. The maximum atomic E-state index is 12.0. The third kappa shape index (κ3) is 2.94. The molecule has 96 valence electrons. The van der Waals surface area contributed by atoms with Crippen LogP contribution in [-0.2, 0) is 14.3 Å². The van der Waals surface area contributed by atoms with Crippen molar-refractivity contribution >= 4 is 21.7 Å². The standard InChI is InChI=1S/C13H13ClO3S/c1-10-6-8-11(9-7-10)18(15,16)17-13-5-3-2-4-12(13)14/h2,4,6-9H,3,5H2,1H3. The second kappa shape index (κ2) is 5.16. The van der Waals surface area contributed by atoms with Crippen LogP contribution in [0.5, 0.6) is 0 Å². The van der Waals surface area contributed by atoms with Crippen LogP contribution in [0.25, 0.3) is 0 Å². The van der Waals surface area contributed by atoms with Gasteiger partial charge in [0.05, 0.1) is 5.03 Å². The van der Waals surface area contributed by atoms with Crippen molar-refractivity contribution in [3.8, 4) is 0 Å². The first-order chi connectivity index (χ1) is 8.49. The second-order valence-electron chi connectivity index (χ2n) is 4.06. The predicted octanol–water partition coefficient (Wildman–Crippen LogP) is 3.50. The van der Waals surface area contributed by atoms with Gasteiger partial charge in [0.2, 0.25) is 0 Å². The molecule has 3 nitrogen and oxygen atoms in total. The Morgan fingerprint density at radius 3 is 2.50 bits per heavy atom. The first kappa shape index (κ1) is 13.2. The zero-order valence-electron chi connectivity index (χ0n) is 9.89. The van der Waals surface area contributed by atoms with Crippen LogP contribution in [0.15, 0.2) is 52.1 Å². The van der Waals surface area contributed by atoms with Crippen LogP contribution in [-0.4, -0.2) is 8.42 Å².